The van der Waals surface area contributed by atoms with E-state index in [0.29, 0.717) is 11.8 Å². The molecule has 0 radical (unpaired) electrons. The van der Waals surface area contributed by atoms with Gasteiger partial charge in [-0.25, -0.2) is 0 Å². The summed E-state index contributed by atoms with van der Waals surface area (Å²) in [6, 6.07) is 22.8. The van der Waals surface area contributed by atoms with Crippen LogP contribution in [0.5, 0.6) is 5.75 Å². The molecule has 0 aliphatic carbocycles. The fourth-order valence-electron chi connectivity index (χ4n) is 3.67. The van der Waals surface area contributed by atoms with Crippen LogP contribution in [0.3, 0.4) is 0 Å². The lowest BCUT2D eigenvalue weighted by Crippen LogP contribution is -2.34. The van der Waals surface area contributed by atoms with Crippen LogP contribution in [-0.4, -0.2) is 35.4 Å². The first kappa shape index (κ1) is 16.8. The van der Waals surface area contributed by atoms with Gasteiger partial charge in [0, 0.05) is 31.4 Å². The highest BCUT2D eigenvalue weighted by Gasteiger charge is 2.18. The number of nitrogens with zero attached hydrogens (tertiary/aromatic N) is 2. The number of hydrogen-bond acceptors (Lipinski definition) is 3. The number of benzene rings is 3. The Balaban J connectivity index is 1.41. The number of aliphatic imine (C=N–C) groups is 1. The van der Waals surface area contributed by atoms with E-state index in [2.05, 4.69) is 41.3 Å². The van der Waals surface area contributed by atoms with E-state index in [4.69, 9.17) is 4.99 Å². The summed E-state index contributed by atoms with van der Waals surface area (Å²) in [6.45, 7) is 3.15. The maximum atomic E-state index is 10.2. The monoisotopic (exact) mass is 344 g/mol. The van der Waals surface area contributed by atoms with E-state index < -0.39 is 0 Å². The van der Waals surface area contributed by atoms with E-state index in [1.165, 1.54) is 5.56 Å². The predicted molar refractivity (Wildman–Crippen MR) is 108 cm³/mol. The Kier molecular flexibility index (Phi) is 4.98. The maximum Gasteiger partial charge on any atom is 0.124 e. The minimum absolute atomic E-state index is 0.300. The number of hydrogen-bond donors (Lipinski definition) is 1. The molecule has 0 atom stereocenters. The lowest BCUT2D eigenvalue weighted by Gasteiger charge is -2.30. The third kappa shape index (κ3) is 3.78. The average Bonchev–Trinajstić information content (AvgIpc) is 2.69. The number of likely N-dealkylation sites (tertiary alicyclic amines) is 1. The summed E-state index contributed by atoms with van der Waals surface area (Å²) in [5.74, 6) is 0.300. The van der Waals surface area contributed by atoms with Gasteiger partial charge in [0.05, 0.1) is 6.04 Å². The molecule has 0 bridgehead atoms. The standard InChI is InChI=1S/C23H24N2O/c26-23-11-10-19-8-4-5-9-21(19)22(23)16-24-20-12-14-25(15-13-20)17-18-6-2-1-3-7-18/h1-11,16,20,26H,12-15,17H2. The van der Waals surface area contributed by atoms with Gasteiger partial charge >= 0.3 is 0 Å². The Morgan fingerprint density at radius 3 is 2.46 bits per heavy atom. The molecule has 3 heteroatoms. The number of phenols is 1. The third-order valence-corrected chi connectivity index (χ3v) is 5.17. The number of aromatic hydroxyl groups is 1. The van der Waals surface area contributed by atoms with Crippen LogP contribution in [0.2, 0.25) is 0 Å². The van der Waals surface area contributed by atoms with Crippen molar-refractivity contribution in [1.82, 2.24) is 4.90 Å². The van der Waals surface area contributed by atoms with Crippen LogP contribution in [0.15, 0.2) is 71.7 Å². The molecular formula is C23H24N2O. The molecule has 0 spiro atoms. The Labute approximate surface area is 154 Å². The Hall–Kier alpha value is -2.65. The van der Waals surface area contributed by atoms with Crippen LogP contribution in [0.4, 0.5) is 0 Å². The minimum atomic E-state index is 0.300. The fraction of sp³-hybridized carbons (Fsp3) is 0.261. The summed E-state index contributed by atoms with van der Waals surface area (Å²) in [6.07, 6.45) is 4.00. The highest BCUT2D eigenvalue weighted by Crippen LogP contribution is 2.26. The van der Waals surface area contributed by atoms with Crippen molar-refractivity contribution < 1.29 is 5.11 Å². The smallest absolute Gasteiger partial charge is 0.124 e. The van der Waals surface area contributed by atoms with Crippen LogP contribution >= 0.6 is 0 Å². The van der Waals surface area contributed by atoms with Gasteiger partial charge in [-0.2, -0.15) is 0 Å². The van der Waals surface area contributed by atoms with Gasteiger partial charge in [0.25, 0.3) is 0 Å². The number of fused-ring (bicyclic) bond motifs is 1. The largest absolute Gasteiger partial charge is 0.507 e. The van der Waals surface area contributed by atoms with Crippen molar-refractivity contribution in [2.45, 2.75) is 25.4 Å². The Bertz CT molecular complexity index is 896. The summed E-state index contributed by atoms with van der Waals surface area (Å²) in [4.78, 5) is 7.29. The highest BCUT2D eigenvalue weighted by molar-refractivity contribution is 6.02. The topological polar surface area (TPSA) is 35.8 Å². The van der Waals surface area contributed by atoms with Crippen molar-refractivity contribution in [3.05, 3.63) is 77.9 Å². The number of phenolic OH excluding ortho intramolecular Hbond substituents is 1. The first-order chi connectivity index (χ1) is 12.8. The van der Waals surface area contributed by atoms with Crippen LogP contribution in [0.25, 0.3) is 10.8 Å². The zero-order valence-corrected chi connectivity index (χ0v) is 14.9. The van der Waals surface area contributed by atoms with E-state index in [0.717, 1.165) is 48.8 Å². The van der Waals surface area contributed by atoms with Crippen LogP contribution in [0.1, 0.15) is 24.0 Å². The zero-order chi connectivity index (χ0) is 17.8. The molecule has 1 fully saturated rings. The molecule has 0 unspecified atom stereocenters. The minimum Gasteiger partial charge on any atom is -0.507 e. The van der Waals surface area contributed by atoms with Crippen LogP contribution < -0.4 is 0 Å². The molecule has 0 amide bonds. The molecule has 0 saturated carbocycles. The SMILES string of the molecule is Oc1ccc2ccccc2c1C=NC1CCN(Cc2ccccc2)CC1. The zero-order valence-electron chi connectivity index (χ0n) is 14.9. The summed E-state index contributed by atoms with van der Waals surface area (Å²) in [5, 5.41) is 12.4. The van der Waals surface area contributed by atoms with Gasteiger partial charge in [-0.1, -0.05) is 60.7 Å². The fourth-order valence-corrected chi connectivity index (χ4v) is 3.67. The second-order valence-electron chi connectivity index (χ2n) is 6.99. The predicted octanol–water partition coefficient (Wildman–Crippen LogP) is 4.63. The Morgan fingerprint density at radius 1 is 0.923 bits per heavy atom. The van der Waals surface area contributed by atoms with E-state index in [-0.39, 0.29) is 0 Å². The van der Waals surface area contributed by atoms with Crippen LogP contribution in [0, 0.1) is 0 Å². The molecule has 3 nitrogen and oxygen atoms in total. The molecule has 0 aromatic heterocycles. The number of rotatable bonds is 4. The Morgan fingerprint density at radius 2 is 1.65 bits per heavy atom. The first-order valence-electron chi connectivity index (χ1n) is 9.30. The molecule has 1 aliphatic heterocycles. The quantitative estimate of drug-likeness (QED) is 0.701. The second kappa shape index (κ2) is 7.71. The van der Waals surface area contributed by atoms with Gasteiger partial charge in [0.15, 0.2) is 0 Å². The molecule has 26 heavy (non-hydrogen) atoms. The molecule has 1 saturated heterocycles. The van der Waals surface area contributed by atoms with E-state index in [9.17, 15) is 5.11 Å². The van der Waals surface area contributed by atoms with E-state index in [1.54, 1.807) is 6.07 Å². The molecule has 3 aromatic rings. The normalized spacial score (nSPS) is 16.5. The molecular weight excluding hydrogens is 320 g/mol. The number of piperidine rings is 1. The summed E-state index contributed by atoms with van der Waals surface area (Å²) < 4.78 is 0. The van der Waals surface area contributed by atoms with Gasteiger partial charge < -0.3 is 5.11 Å². The maximum absolute atomic E-state index is 10.2. The summed E-state index contributed by atoms with van der Waals surface area (Å²) in [7, 11) is 0. The molecule has 1 N–H and O–H groups in total. The van der Waals surface area contributed by atoms with E-state index >= 15 is 0 Å². The summed E-state index contributed by atoms with van der Waals surface area (Å²) in [5.41, 5.74) is 2.20. The molecule has 3 aromatic carbocycles. The lowest BCUT2D eigenvalue weighted by atomic mass is 10.0. The van der Waals surface area contributed by atoms with Crippen LogP contribution in [-0.2, 0) is 6.54 Å². The third-order valence-electron chi connectivity index (χ3n) is 5.17. The van der Waals surface area contributed by atoms with Crippen molar-refractivity contribution in [1.29, 1.82) is 0 Å². The van der Waals surface area contributed by atoms with Crippen molar-refractivity contribution in [2.75, 3.05) is 13.1 Å². The van der Waals surface area contributed by atoms with Gasteiger partial charge in [-0.05, 0) is 35.2 Å². The van der Waals surface area contributed by atoms with Gasteiger partial charge in [0.1, 0.15) is 5.75 Å². The second-order valence-corrected chi connectivity index (χ2v) is 6.99. The lowest BCUT2D eigenvalue weighted by molar-refractivity contribution is 0.206. The molecule has 1 heterocycles. The first-order valence-corrected chi connectivity index (χ1v) is 9.30. The van der Waals surface area contributed by atoms with Gasteiger partial charge in [-0.15, -0.1) is 0 Å². The van der Waals surface area contributed by atoms with Crippen molar-refractivity contribution in [3.8, 4) is 5.75 Å². The van der Waals surface area contributed by atoms with Gasteiger partial charge in [-0.3, -0.25) is 9.89 Å². The van der Waals surface area contributed by atoms with Gasteiger partial charge in [0.2, 0.25) is 0 Å². The molecule has 132 valence electrons. The van der Waals surface area contributed by atoms with Crippen molar-refractivity contribution in [2.24, 2.45) is 4.99 Å². The van der Waals surface area contributed by atoms with Crippen molar-refractivity contribution in [3.63, 3.8) is 0 Å². The highest BCUT2D eigenvalue weighted by atomic mass is 16.3. The van der Waals surface area contributed by atoms with Crippen molar-refractivity contribution >= 4 is 17.0 Å². The average molecular weight is 344 g/mol. The molecule has 4 rings (SSSR count). The summed E-state index contributed by atoms with van der Waals surface area (Å²) >= 11 is 0. The van der Waals surface area contributed by atoms with E-state index in [1.807, 2.05) is 30.5 Å². The molecule has 1 aliphatic rings.